The van der Waals surface area contributed by atoms with Crippen molar-refractivity contribution in [2.24, 2.45) is 0 Å². The van der Waals surface area contributed by atoms with Gasteiger partial charge in [-0.3, -0.25) is 0 Å². The average Bonchev–Trinajstić information content (AvgIpc) is 2.75. The van der Waals surface area contributed by atoms with E-state index in [1.54, 1.807) is 17.4 Å². The Balaban J connectivity index is 2.27. The summed E-state index contributed by atoms with van der Waals surface area (Å²) >= 11 is 7.52. The molecule has 0 aliphatic heterocycles. The number of benzene rings is 1. The lowest BCUT2D eigenvalue weighted by Crippen LogP contribution is -2.23. The van der Waals surface area contributed by atoms with E-state index in [2.05, 4.69) is 62.2 Å². The van der Waals surface area contributed by atoms with Crippen molar-refractivity contribution in [1.29, 1.82) is 0 Å². The molecule has 1 atom stereocenters. The predicted octanol–water partition coefficient (Wildman–Crippen LogP) is 5.15. The molecule has 0 radical (unpaired) electrons. The molecule has 1 heterocycles. The Morgan fingerprint density at radius 3 is 2.79 bits per heavy atom. The zero-order valence-electron chi connectivity index (χ0n) is 10.4. The van der Waals surface area contributed by atoms with Gasteiger partial charge in [-0.1, -0.05) is 13.0 Å². The van der Waals surface area contributed by atoms with Crippen LogP contribution >= 0.6 is 49.9 Å². The van der Waals surface area contributed by atoms with Crippen LogP contribution in [0.3, 0.4) is 0 Å². The summed E-state index contributed by atoms with van der Waals surface area (Å²) in [5, 5.41) is 5.56. The number of likely N-dealkylation sites (N-methyl/N-ethyl adjacent to an activating group) is 1. The molecule has 1 N–H and O–H groups in total. The summed E-state index contributed by atoms with van der Waals surface area (Å²) in [4.78, 5) is 1.31. The van der Waals surface area contributed by atoms with E-state index in [0.29, 0.717) is 0 Å². The van der Waals surface area contributed by atoms with Crippen LogP contribution in [0.4, 0.5) is 4.39 Å². The average molecular weight is 454 g/mol. The minimum atomic E-state index is -0.180. The van der Waals surface area contributed by atoms with Gasteiger partial charge in [0.1, 0.15) is 5.82 Å². The largest absolute Gasteiger partial charge is 0.310 e. The molecule has 0 amide bonds. The maximum absolute atomic E-state index is 13.2. The first-order valence-corrected chi connectivity index (χ1v) is 8.77. The zero-order chi connectivity index (χ0) is 13.8. The van der Waals surface area contributed by atoms with E-state index >= 15 is 0 Å². The van der Waals surface area contributed by atoms with E-state index in [4.69, 9.17) is 0 Å². The topological polar surface area (TPSA) is 12.0 Å². The molecule has 0 saturated carbocycles. The Kier molecular flexibility index (Phi) is 5.80. The highest BCUT2D eigenvalue weighted by atomic mass is 127. The smallest absolute Gasteiger partial charge is 0.124 e. The number of thiophene rings is 1. The van der Waals surface area contributed by atoms with Gasteiger partial charge in [0.25, 0.3) is 0 Å². The van der Waals surface area contributed by atoms with Crippen molar-refractivity contribution in [2.75, 3.05) is 6.54 Å². The lowest BCUT2D eigenvalue weighted by molar-refractivity contribution is 0.547. The second-order valence-electron chi connectivity index (χ2n) is 4.17. The summed E-state index contributed by atoms with van der Waals surface area (Å²) < 4.78 is 15.3. The van der Waals surface area contributed by atoms with Crippen LogP contribution < -0.4 is 5.32 Å². The number of hydrogen-bond donors (Lipinski definition) is 1. The van der Waals surface area contributed by atoms with Gasteiger partial charge in [-0.2, -0.15) is 0 Å². The van der Waals surface area contributed by atoms with E-state index < -0.39 is 0 Å². The summed E-state index contributed by atoms with van der Waals surface area (Å²) in [5.41, 5.74) is 1.16. The number of hydrogen-bond acceptors (Lipinski definition) is 2. The highest BCUT2D eigenvalue weighted by molar-refractivity contribution is 14.1. The van der Waals surface area contributed by atoms with E-state index in [1.165, 1.54) is 10.9 Å². The Bertz CT molecular complexity index is 558. The second-order valence-corrected chi connectivity index (χ2v) is 7.19. The maximum atomic E-state index is 13.2. The van der Waals surface area contributed by atoms with E-state index in [9.17, 15) is 4.39 Å². The molecule has 0 fully saturated rings. The molecular weight excluding hydrogens is 440 g/mol. The number of halogens is 3. The van der Waals surface area contributed by atoms with Crippen molar-refractivity contribution in [3.8, 4) is 0 Å². The van der Waals surface area contributed by atoms with Crippen LogP contribution in [0, 0.1) is 9.39 Å². The van der Waals surface area contributed by atoms with Gasteiger partial charge in [0.05, 0.1) is 0 Å². The Hall–Kier alpha value is 0.0200. The molecule has 5 heteroatoms. The third-order valence-corrected chi connectivity index (χ3v) is 5.75. The minimum Gasteiger partial charge on any atom is -0.310 e. The molecule has 1 aromatic carbocycles. The van der Waals surface area contributed by atoms with Gasteiger partial charge >= 0.3 is 0 Å². The lowest BCUT2D eigenvalue weighted by atomic mass is 10.0. The third kappa shape index (κ3) is 4.00. The predicted molar refractivity (Wildman–Crippen MR) is 91.3 cm³/mol. The lowest BCUT2D eigenvalue weighted by Gasteiger charge is -2.19. The SMILES string of the molecule is CCNC(Cc1sccc1Br)c1ccc(F)cc1I. The monoisotopic (exact) mass is 453 g/mol. The third-order valence-electron chi connectivity index (χ3n) is 2.87. The molecule has 19 heavy (non-hydrogen) atoms. The van der Waals surface area contributed by atoms with Crippen molar-refractivity contribution >= 4 is 49.9 Å². The van der Waals surface area contributed by atoms with Gasteiger partial charge in [-0.15, -0.1) is 11.3 Å². The first-order chi connectivity index (χ1) is 9.11. The minimum absolute atomic E-state index is 0.180. The molecule has 0 bridgehead atoms. The molecule has 0 aliphatic carbocycles. The molecule has 0 aliphatic rings. The normalized spacial score (nSPS) is 12.6. The van der Waals surface area contributed by atoms with Crippen LogP contribution in [0.1, 0.15) is 23.4 Å². The highest BCUT2D eigenvalue weighted by Gasteiger charge is 2.16. The van der Waals surface area contributed by atoms with Crippen molar-refractivity contribution in [3.05, 3.63) is 53.9 Å². The summed E-state index contributed by atoms with van der Waals surface area (Å²) in [6, 6.07) is 7.28. The second kappa shape index (κ2) is 7.15. The fraction of sp³-hybridized carbons (Fsp3) is 0.286. The number of rotatable bonds is 5. The molecular formula is C14H14BrFINS. The van der Waals surface area contributed by atoms with Crippen LogP contribution in [-0.2, 0) is 6.42 Å². The van der Waals surface area contributed by atoms with Crippen molar-refractivity contribution in [2.45, 2.75) is 19.4 Å². The summed E-state index contributed by atoms with van der Waals surface area (Å²) in [5.74, 6) is -0.180. The van der Waals surface area contributed by atoms with E-state index in [0.717, 1.165) is 26.6 Å². The highest BCUT2D eigenvalue weighted by Crippen LogP contribution is 2.30. The van der Waals surface area contributed by atoms with Gasteiger partial charge in [0.2, 0.25) is 0 Å². The van der Waals surface area contributed by atoms with Crippen molar-refractivity contribution in [1.82, 2.24) is 5.32 Å². The molecule has 0 spiro atoms. The van der Waals surface area contributed by atoms with E-state index in [-0.39, 0.29) is 11.9 Å². The Morgan fingerprint density at radius 1 is 1.42 bits per heavy atom. The Labute approximate surface area is 138 Å². The maximum Gasteiger partial charge on any atom is 0.124 e. The summed E-state index contributed by atoms with van der Waals surface area (Å²) in [7, 11) is 0. The summed E-state index contributed by atoms with van der Waals surface area (Å²) in [6.45, 7) is 2.98. The standard InChI is InChI=1S/C14H14BrFINS/c1-2-18-13(8-14-11(15)5-6-19-14)10-4-3-9(16)7-12(10)17/h3-7,13,18H,2,8H2,1H3. The molecule has 0 saturated heterocycles. The van der Waals surface area contributed by atoms with Gasteiger partial charge in [0, 0.05) is 25.4 Å². The molecule has 2 rings (SSSR count). The van der Waals surface area contributed by atoms with Gasteiger partial charge in [0.15, 0.2) is 0 Å². The first-order valence-electron chi connectivity index (χ1n) is 6.02. The van der Waals surface area contributed by atoms with Crippen LogP contribution in [0.25, 0.3) is 0 Å². The fourth-order valence-corrected chi connectivity index (χ4v) is 4.39. The number of nitrogens with one attached hydrogen (secondary N) is 1. The Morgan fingerprint density at radius 2 is 2.21 bits per heavy atom. The first kappa shape index (κ1) is 15.4. The molecule has 1 unspecified atom stereocenters. The van der Waals surface area contributed by atoms with Crippen molar-refractivity contribution in [3.63, 3.8) is 0 Å². The fourth-order valence-electron chi connectivity index (χ4n) is 1.98. The van der Waals surface area contributed by atoms with Crippen LogP contribution in [0.15, 0.2) is 34.1 Å². The molecule has 102 valence electrons. The summed E-state index contributed by atoms with van der Waals surface area (Å²) in [6.07, 6.45) is 0.910. The van der Waals surface area contributed by atoms with Crippen molar-refractivity contribution < 1.29 is 4.39 Å². The van der Waals surface area contributed by atoms with Crippen LogP contribution in [0.2, 0.25) is 0 Å². The quantitative estimate of drug-likeness (QED) is 0.617. The van der Waals surface area contributed by atoms with Gasteiger partial charge in [-0.25, -0.2) is 4.39 Å². The van der Waals surface area contributed by atoms with E-state index in [1.807, 2.05) is 6.07 Å². The van der Waals surface area contributed by atoms with Crippen LogP contribution in [0.5, 0.6) is 0 Å². The van der Waals surface area contributed by atoms with Gasteiger partial charge in [-0.05, 0) is 74.2 Å². The van der Waals surface area contributed by atoms with Gasteiger partial charge < -0.3 is 5.32 Å². The zero-order valence-corrected chi connectivity index (χ0v) is 15.0. The molecule has 2 aromatic rings. The van der Waals surface area contributed by atoms with Crippen LogP contribution in [-0.4, -0.2) is 6.54 Å². The molecule has 1 aromatic heterocycles. The molecule has 1 nitrogen and oxygen atoms in total.